The normalized spacial score (nSPS) is 18.2. The molecule has 1 heterocycles. The van der Waals surface area contributed by atoms with Gasteiger partial charge in [-0.2, -0.15) is 0 Å². The predicted molar refractivity (Wildman–Crippen MR) is 60.9 cm³/mol. The molecule has 0 spiro atoms. The van der Waals surface area contributed by atoms with Crippen molar-refractivity contribution in [3.63, 3.8) is 0 Å². The molecule has 72 valence electrons. The SMILES string of the molecule is C/C=C\C=C1/NCCc2ccccc21. The zero-order valence-electron chi connectivity index (χ0n) is 8.46. The van der Waals surface area contributed by atoms with Crippen LogP contribution in [0.4, 0.5) is 0 Å². The second-order valence-corrected chi connectivity index (χ2v) is 3.44. The highest BCUT2D eigenvalue weighted by Crippen LogP contribution is 2.21. The summed E-state index contributed by atoms with van der Waals surface area (Å²) in [6, 6.07) is 8.59. The third-order valence-corrected chi connectivity index (χ3v) is 2.47. The summed E-state index contributed by atoms with van der Waals surface area (Å²) in [5, 5.41) is 3.42. The summed E-state index contributed by atoms with van der Waals surface area (Å²) in [7, 11) is 0. The molecule has 0 bridgehead atoms. The van der Waals surface area contributed by atoms with E-state index < -0.39 is 0 Å². The van der Waals surface area contributed by atoms with Crippen LogP contribution in [-0.4, -0.2) is 6.54 Å². The van der Waals surface area contributed by atoms with Crippen molar-refractivity contribution >= 4 is 5.70 Å². The monoisotopic (exact) mass is 185 g/mol. The summed E-state index contributed by atoms with van der Waals surface area (Å²) < 4.78 is 0. The van der Waals surface area contributed by atoms with Crippen molar-refractivity contribution < 1.29 is 0 Å². The first-order chi connectivity index (χ1) is 6.92. The lowest BCUT2D eigenvalue weighted by Crippen LogP contribution is -2.22. The number of benzene rings is 1. The van der Waals surface area contributed by atoms with Crippen molar-refractivity contribution in [2.24, 2.45) is 0 Å². The first-order valence-corrected chi connectivity index (χ1v) is 5.07. The standard InChI is InChI=1S/C13H15N/c1-2-3-8-13-12-7-5-4-6-11(12)9-10-14-13/h2-8,14H,9-10H2,1H3/b3-2-,13-8-. The van der Waals surface area contributed by atoms with Crippen LogP contribution in [-0.2, 0) is 6.42 Å². The molecule has 1 heteroatoms. The van der Waals surface area contributed by atoms with Gasteiger partial charge in [0.15, 0.2) is 0 Å². The summed E-state index contributed by atoms with van der Waals surface area (Å²) >= 11 is 0. The lowest BCUT2D eigenvalue weighted by molar-refractivity contribution is 0.814. The van der Waals surface area contributed by atoms with Crippen molar-refractivity contribution in [3.8, 4) is 0 Å². The molecular weight excluding hydrogens is 170 g/mol. The zero-order valence-corrected chi connectivity index (χ0v) is 8.46. The van der Waals surface area contributed by atoms with E-state index >= 15 is 0 Å². The molecule has 0 saturated carbocycles. The minimum atomic E-state index is 1.04. The second kappa shape index (κ2) is 4.14. The van der Waals surface area contributed by atoms with E-state index in [1.54, 1.807) is 0 Å². The molecule has 14 heavy (non-hydrogen) atoms. The third-order valence-electron chi connectivity index (χ3n) is 2.47. The molecule has 0 amide bonds. The Morgan fingerprint density at radius 3 is 3.00 bits per heavy atom. The first kappa shape index (κ1) is 9.07. The molecule has 0 aromatic heterocycles. The molecular formula is C13H15N. The van der Waals surface area contributed by atoms with Gasteiger partial charge in [0.2, 0.25) is 0 Å². The Kier molecular flexibility index (Phi) is 2.68. The van der Waals surface area contributed by atoms with Gasteiger partial charge in [-0.1, -0.05) is 36.4 Å². The van der Waals surface area contributed by atoms with Crippen molar-refractivity contribution in [2.75, 3.05) is 6.54 Å². The molecule has 1 aromatic rings. The topological polar surface area (TPSA) is 12.0 Å². The number of nitrogens with one attached hydrogen (secondary N) is 1. The molecule has 1 aromatic carbocycles. The molecule has 2 rings (SSSR count). The fourth-order valence-corrected chi connectivity index (χ4v) is 1.77. The van der Waals surface area contributed by atoms with Gasteiger partial charge in [-0.3, -0.25) is 0 Å². The average Bonchev–Trinajstić information content (AvgIpc) is 2.26. The molecule has 0 aliphatic carbocycles. The van der Waals surface area contributed by atoms with Gasteiger partial charge in [0, 0.05) is 17.8 Å². The van der Waals surface area contributed by atoms with Crippen molar-refractivity contribution in [2.45, 2.75) is 13.3 Å². The van der Waals surface area contributed by atoms with E-state index in [9.17, 15) is 0 Å². The van der Waals surface area contributed by atoms with Crippen LogP contribution in [0.5, 0.6) is 0 Å². The molecule has 1 N–H and O–H groups in total. The Balaban J connectivity index is 2.40. The number of allylic oxidation sites excluding steroid dienone is 3. The number of fused-ring (bicyclic) bond motifs is 1. The number of hydrogen-bond donors (Lipinski definition) is 1. The smallest absolute Gasteiger partial charge is 0.0416 e. The van der Waals surface area contributed by atoms with Crippen LogP contribution in [0, 0.1) is 0 Å². The van der Waals surface area contributed by atoms with E-state index in [2.05, 4.69) is 41.7 Å². The van der Waals surface area contributed by atoms with E-state index in [1.807, 2.05) is 13.0 Å². The van der Waals surface area contributed by atoms with Crippen LogP contribution in [0.3, 0.4) is 0 Å². The fraction of sp³-hybridized carbons (Fsp3) is 0.231. The average molecular weight is 185 g/mol. The van der Waals surface area contributed by atoms with Crippen LogP contribution in [0.1, 0.15) is 18.1 Å². The molecule has 0 fully saturated rings. The van der Waals surface area contributed by atoms with E-state index in [0.717, 1.165) is 13.0 Å². The number of rotatable bonds is 1. The first-order valence-electron chi connectivity index (χ1n) is 5.07. The molecule has 1 aliphatic heterocycles. The lowest BCUT2D eigenvalue weighted by Gasteiger charge is -2.20. The van der Waals surface area contributed by atoms with Crippen molar-refractivity contribution in [1.82, 2.24) is 5.32 Å². The van der Waals surface area contributed by atoms with Gasteiger partial charge in [-0.25, -0.2) is 0 Å². The molecule has 0 atom stereocenters. The highest BCUT2D eigenvalue weighted by atomic mass is 14.9. The maximum absolute atomic E-state index is 3.42. The number of hydrogen-bond acceptors (Lipinski definition) is 1. The molecule has 0 unspecified atom stereocenters. The summed E-state index contributed by atoms with van der Waals surface area (Å²) in [5.41, 5.74) is 4.03. The van der Waals surface area contributed by atoms with Crippen LogP contribution >= 0.6 is 0 Å². The van der Waals surface area contributed by atoms with Gasteiger partial charge in [0.05, 0.1) is 0 Å². The Hall–Kier alpha value is -1.50. The highest BCUT2D eigenvalue weighted by molar-refractivity contribution is 5.69. The van der Waals surface area contributed by atoms with Crippen LogP contribution in [0.25, 0.3) is 5.70 Å². The van der Waals surface area contributed by atoms with Crippen molar-refractivity contribution in [3.05, 3.63) is 53.6 Å². The maximum Gasteiger partial charge on any atom is 0.0416 e. The Labute approximate surface area is 85.2 Å². The summed E-state index contributed by atoms with van der Waals surface area (Å²) in [6.45, 7) is 3.08. The Morgan fingerprint density at radius 1 is 1.29 bits per heavy atom. The van der Waals surface area contributed by atoms with Gasteiger partial charge >= 0.3 is 0 Å². The van der Waals surface area contributed by atoms with Crippen LogP contribution < -0.4 is 5.32 Å². The molecule has 1 nitrogen and oxygen atoms in total. The molecule has 0 saturated heterocycles. The fourth-order valence-electron chi connectivity index (χ4n) is 1.77. The minimum Gasteiger partial charge on any atom is -0.384 e. The largest absolute Gasteiger partial charge is 0.384 e. The van der Waals surface area contributed by atoms with Gasteiger partial charge in [0.25, 0.3) is 0 Å². The highest BCUT2D eigenvalue weighted by Gasteiger charge is 2.10. The summed E-state index contributed by atoms with van der Waals surface area (Å²) in [4.78, 5) is 0. The van der Waals surface area contributed by atoms with Gasteiger partial charge in [-0.05, 0) is 25.0 Å². The third kappa shape index (κ3) is 1.72. The van der Waals surface area contributed by atoms with E-state index in [0.29, 0.717) is 0 Å². The maximum atomic E-state index is 3.42. The second-order valence-electron chi connectivity index (χ2n) is 3.44. The van der Waals surface area contributed by atoms with E-state index in [-0.39, 0.29) is 0 Å². The summed E-state index contributed by atoms with van der Waals surface area (Å²) in [5.74, 6) is 0. The molecule has 1 aliphatic rings. The van der Waals surface area contributed by atoms with Crippen LogP contribution in [0.15, 0.2) is 42.5 Å². The van der Waals surface area contributed by atoms with E-state index in [1.165, 1.54) is 16.8 Å². The lowest BCUT2D eigenvalue weighted by atomic mass is 9.98. The zero-order chi connectivity index (χ0) is 9.80. The quantitative estimate of drug-likeness (QED) is 0.709. The van der Waals surface area contributed by atoms with Crippen molar-refractivity contribution in [1.29, 1.82) is 0 Å². The Morgan fingerprint density at radius 2 is 2.14 bits per heavy atom. The van der Waals surface area contributed by atoms with Gasteiger partial charge in [-0.15, -0.1) is 0 Å². The molecule has 0 radical (unpaired) electrons. The van der Waals surface area contributed by atoms with Crippen LogP contribution in [0.2, 0.25) is 0 Å². The Bertz CT molecular complexity index is 375. The minimum absolute atomic E-state index is 1.04. The van der Waals surface area contributed by atoms with E-state index in [4.69, 9.17) is 0 Å². The summed E-state index contributed by atoms with van der Waals surface area (Å²) in [6.07, 6.45) is 7.39. The van der Waals surface area contributed by atoms with Gasteiger partial charge in [0.1, 0.15) is 0 Å². The predicted octanol–water partition coefficient (Wildman–Crippen LogP) is 2.75. The van der Waals surface area contributed by atoms with Gasteiger partial charge < -0.3 is 5.32 Å².